The van der Waals surface area contributed by atoms with E-state index in [1.807, 2.05) is 6.07 Å². The van der Waals surface area contributed by atoms with Crippen LogP contribution in [0.3, 0.4) is 0 Å². The maximum Gasteiger partial charge on any atom is 0.227 e. The molecule has 0 radical (unpaired) electrons. The molecule has 6 heteroatoms. The lowest BCUT2D eigenvalue weighted by Gasteiger charge is -2.31. The molecule has 0 spiro atoms. The highest BCUT2D eigenvalue weighted by atomic mass is 16.5. The maximum absolute atomic E-state index is 10.2. The van der Waals surface area contributed by atoms with Crippen molar-refractivity contribution in [1.29, 1.82) is 0 Å². The summed E-state index contributed by atoms with van der Waals surface area (Å²) in [7, 11) is 1.57. The van der Waals surface area contributed by atoms with Gasteiger partial charge < -0.3 is 19.6 Å². The van der Waals surface area contributed by atoms with Gasteiger partial charge in [-0.1, -0.05) is 0 Å². The van der Waals surface area contributed by atoms with Crippen LogP contribution in [0.5, 0.6) is 11.5 Å². The zero-order valence-electron chi connectivity index (χ0n) is 14.9. The Morgan fingerprint density at radius 1 is 0.880 bits per heavy atom. The molecule has 134 valence electrons. The van der Waals surface area contributed by atoms with E-state index < -0.39 is 0 Å². The third-order valence-electron chi connectivity index (χ3n) is 5.26. The number of fused-ring (bicyclic) bond motifs is 1. The molecular formula is C19H26N4O2. The number of phenolic OH excluding ortho intramolecular Hbond substituents is 1. The Morgan fingerprint density at radius 3 is 2.16 bits per heavy atom. The standard InChI is InChI=1S/C19H26N4O2/c1-25-17-13-15-14(12-16(17)24)18(22-8-4-2-5-9-22)21-19(20-15)23-10-6-3-7-11-23/h12-13,24H,2-11H2,1H3. The van der Waals surface area contributed by atoms with E-state index in [0.29, 0.717) is 5.75 Å². The molecule has 1 aromatic carbocycles. The number of aromatic nitrogens is 2. The van der Waals surface area contributed by atoms with Crippen LogP contribution in [0.2, 0.25) is 0 Å². The normalized spacial score (nSPS) is 18.6. The Labute approximate surface area is 148 Å². The first-order valence-electron chi connectivity index (χ1n) is 9.35. The molecule has 2 fully saturated rings. The molecule has 6 nitrogen and oxygen atoms in total. The first-order chi connectivity index (χ1) is 12.3. The number of ether oxygens (including phenoxy) is 1. The zero-order chi connectivity index (χ0) is 17.2. The van der Waals surface area contributed by atoms with Gasteiger partial charge in [0, 0.05) is 37.6 Å². The summed E-state index contributed by atoms with van der Waals surface area (Å²) in [5.74, 6) is 2.35. The highest BCUT2D eigenvalue weighted by Gasteiger charge is 2.21. The summed E-state index contributed by atoms with van der Waals surface area (Å²) in [6, 6.07) is 3.57. The summed E-state index contributed by atoms with van der Waals surface area (Å²) in [6.45, 7) is 4.05. The highest BCUT2D eigenvalue weighted by Crippen LogP contribution is 2.36. The first-order valence-corrected chi connectivity index (χ1v) is 9.35. The van der Waals surface area contributed by atoms with Crippen LogP contribution in [0, 0.1) is 0 Å². The van der Waals surface area contributed by atoms with Crippen LogP contribution in [-0.2, 0) is 0 Å². The summed E-state index contributed by atoms with van der Waals surface area (Å²) in [5, 5.41) is 11.1. The number of piperidine rings is 2. The third kappa shape index (κ3) is 3.17. The predicted octanol–water partition coefficient (Wildman–Crippen LogP) is 3.32. The second-order valence-electron chi connectivity index (χ2n) is 6.98. The molecule has 2 aliphatic heterocycles. The fraction of sp³-hybridized carbons (Fsp3) is 0.579. The fourth-order valence-corrected chi connectivity index (χ4v) is 3.86. The van der Waals surface area contributed by atoms with Crippen molar-refractivity contribution >= 4 is 22.7 Å². The molecule has 25 heavy (non-hydrogen) atoms. The van der Waals surface area contributed by atoms with Crippen LogP contribution in [0.25, 0.3) is 10.9 Å². The monoisotopic (exact) mass is 342 g/mol. The first kappa shape index (κ1) is 16.2. The van der Waals surface area contributed by atoms with Gasteiger partial charge in [0.2, 0.25) is 5.95 Å². The van der Waals surface area contributed by atoms with Crippen LogP contribution in [0.15, 0.2) is 12.1 Å². The second-order valence-corrected chi connectivity index (χ2v) is 6.98. The average molecular weight is 342 g/mol. The minimum Gasteiger partial charge on any atom is -0.504 e. The van der Waals surface area contributed by atoms with Gasteiger partial charge in [-0.25, -0.2) is 4.98 Å². The molecule has 0 aliphatic carbocycles. The average Bonchev–Trinajstić information content (AvgIpc) is 2.68. The molecular weight excluding hydrogens is 316 g/mol. The molecule has 0 bridgehead atoms. The molecule has 0 amide bonds. The van der Waals surface area contributed by atoms with Crippen molar-refractivity contribution in [2.75, 3.05) is 43.1 Å². The van der Waals surface area contributed by atoms with Gasteiger partial charge in [0.05, 0.1) is 12.6 Å². The topological polar surface area (TPSA) is 61.7 Å². The second kappa shape index (κ2) is 6.94. The summed E-state index contributed by atoms with van der Waals surface area (Å²) in [6.07, 6.45) is 7.32. The van der Waals surface area contributed by atoms with E-state index in [1.165, 1.54) is 38.5 Å². The summed E-state index contributed by atoms with van der Waals surface area (Å²) >= 11 is 0. The van der Waals surface area contributed by atoms with Crippen molar-refractivity contribution in [1.82, 2.24) is 9.97 Å². The van der Waals surface area contributed by atoms with Crippen LogP contribution >= 0.6 is 0 Å². The predicted molar refractivity (Wildman–Crippen MR) is 99.9 cm³/mol. The molecule has 2 saturated heterocycles. The van der Waals surface area contributed by atoms with Crippen molar-refractivity contribution in [3.05, 3.63) is 12.1 Å². The lowest BCUT2D eigenvalue weighted by atomic mass is 10.1. The van der Waals surface area contributed by atoms with Crippen molar-refractivity contribution in [3.8, 4) is 11.5 Å². The maximum atomic E-state index is 10.2. The summed E-state index contributed by atoms with van der Waals surface area (Å²) in [5.41, 5.74) is 0.839. The van der Waals surface area contributed by atoms with Gasteiger partial charge in [0.25, 0.3) is 0 Å². The number of aromatic hydroxyl groups is 1. The molecule has 4 rings (SSSR count). The number of hydrogen-bond acceptors (Lipinski definition) is 6. The largest absolute Gasteiger partial charge is 0.504 e. The Morgan fingerprint density at radius 2 is 1.52 bits per heavy atom. The van der Waals surface area contributed by atoms with Gasteiger partial charge >= 0.3 is 0 Å². The number of nitrogens with zero attached hydrogens (tertiary/aromatic N) is 4. The quantitative estimate of drug-likeness (QED) is 0.923. The van der Waals surface area contributed by atoms with Gasteiger partial charge in [-0.3, -0.25) is 0 Å². The van der Waals surface area contributed by atoms with E-state index in [1.54, 1.807) is 13.2 Å². The number of rotatable bonds is 3. The van der Waals surface area contributed by atoms with Gasteiger partial charge in [0.15, 0.2) is 11.5 Å². The lowest BCUT2D eigenvalue weighted by Crippen LogP contribution is -2.33. The molecule has 1 N–H and O–H groups in total. The molecule has 0 unspecified atom stereocenters. The van der Waals surface area contributed by atoms with E-state index >= 15 is 0 Å². The summed E-state index contributed by atoms with van der Waals surface area (Å²) < 4.78 is 5.29. The van der Waals surface area contributed by atoms with Gasteiger partial charge in [-0.15, -0.1) is 0 Å². The minimum atomic E-state index is 0.141. The number of benzene rings is 1. The van der Waals surface area contributed by atoms with Gasteiger partial charge in [0.1, 0.15) is 5.82 Å². The third-order valence-corrected chi connectivity index (χ3v) is 5.26. The Bertz CT molecular complexity index is 753. The van der Waals surface area contributed by atoms with Crippen molar-refractivity contribution < 1.29 is 9.84 Å². The molecule has 2 aromatic rings. The van der Waals surface area contributed by atoms with E-state index in [4.69, 9.17) is 14.7 Å². The zero-order valence-corrected chi connectivity index (χ0v) is 14.9. The molecule has 0 saturated carbocycles. The van der Waals surface area contributed by atoms with E-state index in [0.717, 1.165) is 48.8 Å². The fourth-order valence-electron chi connectivity index (χ4n) is 3.86. The molecule has 1 aromatic heterocycles. The van der Waals surface area contributed by atoms with Gasteiger partial charge in [-0.2, -0.15) is 4.98 Å². The van der Waals surface area contributed by atoms with E-state index in [-0.39, 0.29) is 5.75 Å². The Kier molecular flexibility index (Phi) is 4.51. The lowest BCUT2D eigenvalue weighted by molar-refractivity contribution is 0.374. The minimum absolute atomic E-state index is 0.141. The smallest absolute Gasteiger partial charge is 0.227 e. The van der Waals surface area contributed by atoms with Crippen LogP contribution < -0.4 is 14.5 Å². The number of phenols is 1. The molecule has 0 atom stereocenters. The van der Waals surface area contributed by atoms with Crippen LogP contribution in [0.4, 0.5) is 11.8 Å². The van der Waals surface area contributed by atoms with Gasteiger partial charge in [-0.05, 0) is 44.6 Å². The SMILES string of the molecule is COc1cc2nc(N3CCCCC3)nc(N3CCCCC3)c2cc1O. The van der Waals surface area contributed by atoms with Crippen LogP contribution in [0.1, 0.15) is 38.5 Å². The van der Waals surface area contributed by atoms with Crippen molar-refractivity contribution in [3.63, 3.8) is 0 Å². The highest BCUT2D eigenvalue weighted by molar-refractivity contribution is 5.93. The van der Waals surface area contributed by atoms with Crippen molar-refractivity contribution in [2.24, 2.45) is 0 Å². The molecule has 3 heterocycles. The van der Waals surface area contributed by atoms with Crippen LogP contribution in [-0.4, -0.2) is 48.4 Å². The van der Waals surface area contributed by atoms with Crippen molar-refractivity contribution in [2.45, 2.75) is 38.5 Å². The molecule has 2 aliphatic rings. The van der Waals surface area contributed by atoms with E-state index in [2.05, 4.69) is 9.80 Å². The number of anilines is 2. The Hall–Kier alpha value is -2.24. The number of methoxy groups -OCH3 is 1. The van der Waals surface area contributed by atoms with E-state index in [9.17, 15) is 5.11 Å². The summed E-state index contributed by atoms with van der Waals surface area (Å²) in [4.78, 5) is 14.4. The Balaban J connectivity index is 1.84. The number of hydrogen-bond donors (Lipinski definition) is 1.